The number of aromatic nitrogens is 2. The molecular formula is C19H14N2O. The van der Waals surface area contributed by atoms with E-state index in [1.165, 1.54) is 0 Å². The molecule has 2 aromatic carbocycles. The fraction of sp³-hybridized carbons (Fsp3) is 0. The zero-order valence-electron chi connectivity index (χ0n) is 11.8. The minimum atomic E-state index is 0.234. The Morgan fingerprint density at radius 3 is 2.32 bits per heavy atom. The molecule has 106 valence electrons. The van der Waals surface area contributed by atoms with Crippen LogP contribution >= 0.6 is 0 Å². The van der Waals surface area contributed by atoms with E-state index in [2.05, 4.69) is 0 Å². The highest BCUT2D eigenvalue weighted by atomic mass is 16.3. The Morgan fingerprint density at radius 2 is 1.50 bits per heavy atom. The summed E-state index contributed by atoms with van der Waals surface area (Å²) in [6.45, 7) is 0. The number of hydrogen-bond donors (Lipinski definition) is 1. The number of rotatable bonds is 2. The third-order valence-corrected chi connectivity index (χ3v) is 3.74. The van der Waals surface area contributed by atoms with Crippen LogP contribution in [0.2, 0.25) is 0 Å². The van der Waals surface area contributed by atoms with Crippen molar-refractivity contribution in [2.45, 2.75) is 0 Å². The van der Waals surface area contributed by atoms with Crippen LogP contribution in [-0.2, 0) is 0 Å². The van der Waals surface area contributed by atoms with Gasteiger partial charge in [-0.1, -0.05) is 48.5 Å². The number of phenolic OH excluding ortho intramolecular Hbond substituents is 1. The number of nitrogens with zero attached hydrogens (tertiary/aromatic N) is 2. The first-order valence-corrected chi connectivity index (χ1v) is 7.15. The van der Waals surface area contributed by atoms with Crippen molar-refractivity contribution in [2.75, 3.05) is 0 Å². The van der Waals surface area contributed by atoms with Crippen LogP contribution in [0.3, 0.4) is 0 Å². The van der Waals surface area contributed by atoms with Gasteiger partial charge in [0.05, 0.1) is 16.8 Å². The first kappa shape index (κ1) is 12.7. The Morgan fingerprint density at radius 1 is 0.773 bits per heavy atom. The van der Waals surface area contributed by atoms with Gasteiger partial charge in [0, 0.05) is 11.8 Å². The van der Waals surface area contributed by atoms with E-state index in [4.69, 9.17) is 4.98 Å². The molecule has 0 unspecified atom stereocenters. The first-order chi connectivity index (χ1) is 10.8. The summed E-state index contributed by atoms with van der Waals surface area (Å²) in [6, 6.07) is 23.4. The molecule has 0 saturated heterocycles. The molecule has 0 spiro atoms. The predicted molar refractivity (Wildman–Crippen MR) is 87.7 cm³/mol. The number of benzene rings is 2. The van der Waals surface area contributed by atoms with Crippen molar-refractivity contribution < 1.29 is 5.11 Å². The minimum Gasteiger partial charge on any atom is -0.507 e. The third kappa shape index (κ3) is 1.95. The van der Waals surface area contributed by atoms with Gasteiger partial charge in [0.2, 0.25) is 0 Å². The third-order valence-electron chi connectivity index (χ3n) is 3.74. The van der Waals surface area contributed by atoms with Crippen molar-refractivity contribution in [3.05, 3.63) is 79.0 Å². The summed E-state index contributed by atoms with van der Waals surface area (Å²) >= 11 is 0. The Hall–Kier alpha value is -3.07. The van der Waals surface area contributed by atoms with Gasteiger partial charge in [0.1, 0.15) is 11.6 Å². The Bertz CT molecular complexity index is 942. The van der Waals surface area contributed by atoms with Crippen molar-refractivity contribution in [2.24, 2.45) is 0 Å². The summed E-state index contributed by atoms with van der Waals surface area (Å²) in [5.41, 5.74) is 3.73. The van der Waals surface area contributed by atoms with E-state index in [1.54, 1.807) is 6.07 Å². The maximum Gasteiger partial charge on any atom is 0.149 e. The van der Waals surface area contributed by atoms with Gasteiger partial charge in [0.25, 0.3) is 0 Å². The standard InChI is InChI=1S/C19H14N2O/c22-17-12-5-4-10-15(17)19-20-18(14-8-2-1-3-9-14)16-11-6-7-13-21(16)19/h1-13,22H. The molecule has 0 bridgehead atoms. The molecule has 4 rings (SSSR count). The zero-order chi connectivity index (χ0) is 14.9. The topological polar surface area (TPSA) is 37.5 Å². The second kappa shape index (κ2) is 5.04. The summed E-state index contributed by atoms with van der Waals surface area (Å²) in [5.74, 6) is 0.977. The normalized spacial score (nSPS) is 10.9. The molecule has 0 atom stereocenters. The fourth-order valence-electron chi connectivity index (χ4n) is 2.70. The average Bonchev–Trinajstić information content (AvgIpc) is 2.96. The molecule has 0 radical (unpaired) electrons. The molecule has 0 amide bonds. The summed E-state index contributed by atoms with van der Waals surface area (Å²) in [5, 5.41) is 10.1. The van der Waals surface area contributed by atoms with E-state index >= 15 is 0 Å². The SMILES string of the molecule is Oc1ccccc1-c1nc(-c2ccccc2)c2ccccn12. The maximum absolute atomic E-state index is 10.1. The van der Waals surface area contributed by atoms with Gasteiger partial charge in [-0.05, 0) is 24.3 Å². The summed E-state index contributed by atoms with van der Waals surface area (Å²) in [6.07, 6.45) is 1.97. The number of para-hydroxylation sites is 1. The Balaban J connectivity index is 2.04. The number of fused-ring (bicyclic) bond motifs is 1. The smallest absolute Gasteiger partial charge is 0.149 e. The summed E-state index contributed by atoms with van der Waals surface area (Å²) in [4.78, 5) is 4.79. The van der Waals surface area contributed by atoms with Gasteiger partial charge in [-0.3, -0.25) is 4.40 Å². The number of imidazole rings is 1. The van der Waals surface area contributed by atoms with Gasteiger partial charge in [-0.2, -0.15) is 0 Å². The fourth-order valence-corrected chi connectivity index (χ4v) is 2.70. The van der Waals surface area contributed by atoms with Crippen LogP contribution in [0.15, 0.2) is 79.0 Å². The molecule has 0 aliphatic carbocycles. The van der Waals surface area contributed by atoms with Crippen LogP contribution < -0.4 is 0 Å². The quantitative estimate of drug-likeness (QED) is 0.594. The van der Waals surface area contributed by atoms with E-state index in [9.17, 15) is 5.11 Å². The molecule has 0 saturated carbocycles. The lowest BCUT2D eigenvalue weighted by Crippen LogP contribution is -1.88. The summed E-state index contributed by atoms with van der Waals surface area (Å²) in [7, 11) is 0. The average molecular weight is 286 g/mol. The minimum absolute atomic E-state index is 0.234. The van der Waals surface area contributed by atoms with Gasteiger partial charge in [-0.15, -0.1) is 0 Å². The van der Waals surface area contributed by atoms with Crippen molar-refractivity contribution in [3.8, 4) is 28.4 Å². The zero-order valence-corrected chi connectivity index (χ0v) is 11.8. The maximum atomic E-state index is 10.1. The first-order valence-electron chi connectivity index (χ1n) is 7.15. The van der Waals surface area contributed by atoms with E-state index < -0.39 is 0 Å². The van der Waals surface area contributed by atoms with Gasteiger partial charge >= 0.3 is 0 Å². The Kier molecular flexibility index (Phi) is 2.90. The molecular weight excluding hydrogens is 272 g/mol. The van der Waals surface area contributed by atoms with Crippen LogP contribution in [0.1, 0.15) is 0 Å². The molecule has 2 heterocycles. The van der Waals surface area contributed by atoms with Crippen molar-refractivity contribution in [1.29, 1.82) is 0 Å². The van der Waals surface area contributed by atoms with E-state index in [1.807, 2.05) is 77.3 Å². The van der Waals surface area contributed by atoms with Gasteiger partial charge in [0.15, 0.2) is 0 Å². The highest BCUT2D eigenvalue weighted by Crippen LogP contribution is 2.33. The highest BCUT2D eigenvalue weighted by Gasteiger charge is 2.15. The lowest BCUT2D eigenvalue weighted by molar-refractivity contribution is 0.477. The molecule has 3 nitrogen and oxygen atoms in total. The molecule has 0 aliphatic heterocycles. The molecule has 22 heavy (non-hydrogen) atoms. The summed E-state index contributed by atoms with van der Waals surface area (Å²) < 4.78 is 2.01. The second-order valence-corrected chi connectivity index (χ2v) is 5.12. The van der Waals surface area contributed by atoms with Crippen LogP contribution in [0.25, 0.3) is 28.2 Å². The second-order valence-electron chi connectivity index (χ2n) is 5.12. The van der Waals surface area contributed by atoms with Crippen molar-refractivity contribution in [3.63, 3.8) is 0 Å². The largest absolute Gasteiger partial charge is 0.507 e. The molecule has 3 heteroatoms. The van der Waals surface area contributed by atoms with Gasteiger partial charge in [-0.25, -0.2) is 4.98 Å². The number of pyridine rings is 1. The Labute approximate surface area is 128 Å². The monoisotopic (exact) mass is 286 g/mol. The lowest BCUT2D eigenvalue weighted by Gasteiger charge is -2.03. The molecule has 0 fully saturated rings. The number of aromatic hydroxyl groups is 1. The number of phenols is 1. The molecule has 2 aromatic heterocycles. The van der Waals surface area contributed by atoms with Crippen LogP contribution in [0.5, 0.6) is 5.75 Å². The predicted octanol–water partition coefficient (Wildman–Crippen LogP) is 4.37. The molecule has 4 aromatic rings. The molecule has 0 aliphatic rings. The lowest BCUT2D eigenvalue weighted by atomic mass is 10.1. The van der Waals surface area contributed by atoms with E-state index in [0.29, 0.717) is 0 Å². The van der Waals surface area contributed by atoms with E-state index in [-0.39, 0.29) is 5.75 Å². The van der Waals surface area contributed by atoms with Crippen LogP contribution in [-0.4, -0.2) is 14.5 Å². The number of hydrogen-bond acceptors (Lipinski definition) is 2. The van der Waals surface area contributed by atoms with Crippen molar-refractivity contribution >= 4 is 5.52 Å². The van der Waals surface area contributed by atoms with Crippen molar-refractivity contribution in [1.82, 2.24) is 9.38 Å². The van der Waals surface area contributed by atoms with Crippen LogP contribution in [0, 0.1) is 0 Å². The van der Waals surface area contributed by atoms with E-state index in [0.717, 1.165) is 28.2 Å². The van der Waals surface area contributed by atoms with Crippen LogP contribution in [0.4, 0.5) is 0 Å². The molecule has 1 N–H and O–H groups in total. The van der Waals surface area contributed by atoms with Gasteiger partial charge < -0.3 is 5.11 Å². The highest BCUT2D eigenvalue weighted by molar-refractivity contribution is 5.82.